The van der Waals surface area contributed by atoms with E-state index in [1.165, 1.54) is 12.1 Å². The van der Waals surface area contributed by atoms with Gasteiger partial charge < -0.3 is 10.2 Å². The van der Waals surface area contributed by atoms with Gasteiger partial charge in [-0.15, -0.1) is 0 Å². The van der Waals surface area contributed by atoms with Gasteiger partial charge >= 0.3 is 5.69 Å². The van der Waals surface area contributed by atoms with Crippen LogP contribution in [-0.2, 0) is 0 Å². The Morgan fingerprint density at radius 2 is 1.72 bits per heavy atom. The Hall–Kier alpha value is -4.14. The van der Waals surface area contributed by atoms with Gasteiger partial charge in [-0.2, -0.15) is 5.10 Å². The number of aromatic nitrogens is 2. The van der Waals surface area contributed by atoms with Gasteiger partial charge in [-0.05, 0) is 30.7 Å². The van der Waals surface area contributed by atoms with Crippen molar-refractivity contribution in [2.45, 2.75) is 13.3 Å². The molecule has 0 aliphatic heterocycles. The number of aromatic hydroxyl groups is 2. The van der Waals surface area contributed by atoms with Crippen LogP contribution in [0.25, 0.3) is 5.69 Å². The van der Waals surface area contributed by atoms with E-state index >= 15 is 0 Å². The van der Waals surface area contributed by atoms with E-state index in [4.69, 9.17) is 0 Å². The highest BCUT2D eigenvalue weighted by Crippen LogP contribution is 2.18. The Morgan fingerprint density at radius 3 is 2.38 bits per heavy atom. The van der Waals surface area contributed by atoms with Crippen LogP contribution < -0.4 is 16.7 Å². The Kier molecular flexibility index (Phi) is 5.59. The number of nitrogens with zero attached hydrogens (tertiary/aromatic N) is 2. The van der Waals surface area contributed by atoms with E-state index < -0.39 is 23.0 Å². The second-order valence-corrected chi connectivity index (χ2v) is 6.00. The molecule has 0 bridgehead atoms. The minimum atomic E-state index is -0.836. The van der Waals surface area contributed by atoms with Crippen molar-refractivity contribution in [2.24, 2.45) is 5.10 Å². The molecule has 1 heterocycles. The summed E-state index contributed by atoms with van der Waals surface area (Å²) in [6.45, 7) is 1.67. The number of aromatic amines is 1. The van der Waals surface area contributed by atoms with Crippen LogP contribution in [0.2, 0.25) is 0 Å². The zero-order valence-corrected chi connectivity index (χ0v) is 15.4. The molecule has 3 aromatic rings. The van der Waals surface area contributed by atoms with Crippen molar-refractivity contribution < 1.29 is 15.0 Å². The van der Waals surface area contributed by atoms with E-state index in [9.17, 15) is 24.6 Å². The monoisotopic (exact) mass is 394 g/mol. The molecule has 0 unspecified atom stereocenters. The number of amides is 1. The summed E-state index contributed by atoms with van der Waals surface area (Å²) in [6, 6.07) is 14.2. The summed E-state index contributed by atoms with van der Waals surface area (Å²) in [5.74, 6) is -1.51. The molecule has 2 aromatic carbocycles. The smallest absolute Gasteiger partial charge is 0.335 e. The van der Waals surface area contributed by atoms with Crippen LogP contribution in [0.1, 0.15) is 29.3 Å². The summed E-state index contributed by atoms with van der Waals surface area (Å²) in [5, 5.41) is 24.3. The first kappa shape index (κ1) is 19.6. The SMILES string of the molecule is CC/C(=N\NC(=O)c1ccccc1O)c1c(O)n(-c2ccccc2)c(=O)[nH]c1=O. The first-order valence-electron chi connectivity index (χ1n) is 8.73. The van der Waals surface area contributed by atoms with Crippen molar-refractivity contribution in [3.05, 3.63) is 86.6 Å². The van der Waals surface area contributed by atoms with Crippen molar-refractivity contribution in [3.63, 3.8) is 0 Å². The maximum Gasteiger partial charge on any atom is 0.335 e. The lowest BCUT2D eigenvalue weighted by Gasteiger charge is -2.12. The van der Waals surface area contributed by atoms with E-state index in [0.29, 0.717) is 5.69 Å². The number of phenolic OH excluding ortho intramolecular Hbond substituents is 1. The number of para-hydroxylation sites is 2. The third kappa shape index (κ3) is 3.93. The van der Waals surface area contributed by atoms with Crippen molar-refractivity contribution in [1.29, 1.82) is 0 Å². The van der Waals surface area contributed by atoms with Gasteiger partial charge in [0.2, 0.25) is 5.88 Å². The highest BCUT2D eigenvalue weighted by Gasteiger charge is 2.20. The van der Waals surface area contributed by atoms with E-state index in [0.717, 1.165) is 4.57 Å². The molecule has 0 radical (unpaired) electrons. The highest BCUT2D eigenvalue weighted by atomic mass is 16.3. The van der Waals surface area contributed by atoms with Crippen LogP contribution in [0.3, 0.4) is 0 Å². The fourth-order valence-corrected chi connectivity index (χ4v) is 2.76. The Balaban J connectivity index is 2.05. The van der Waals surface area contributed by atoms with Gasteiger partial charge in [-0.25, -0.2) is 14.8 Å². The normalized spacial score (nSPS) is 11.3. The van der Waals surface area contributed by atoms with Crippen molar-refractivity contribution in [2.75, 3.05) is 0 Å². The van der Waals surface area contributed by atoms with Crippen LogP contribution >= 0.6 is 0 Å². The van der Waals surface area contributed by atoms with Gasteiger partial charge in [0.05, 0.1) is 17.0 Å². The topological polar surface area (TPSA) is 137 Å². The molecule has 0 saturated heterocycles. The third-order valence-corrected chi connectivity index (χ3v) is 4.16. The molecule has 0 aliphatic carbocycles. The highest BCUT2D eigenvalue weighted by molar-refractivity contribution is 6.03. The molecule has 1 amide bonds. The Labute approximate surface area is 164 Å². The van der Waals surface area contributed by atoms with Crippen LogP contribution in [0.4, 0.5) is 0 Å². The first-order chi connectivity index (χ1) is 13.9. The molecule has 9 nitrogen and oxygen atoms in total. The fraction of sp³-hybridized carbons (Fsp3) is 0.100. The summed E-state index contributed by atoms with van der Waals surface area (Å²) in [6.07, 6.45) is 0.171. The van der Waals surface area contributed by atoms with E-state index in [1.54, 1.807) is 49.4 Å². The minimum absolute atomic E-state index is 0.000842. The second-order valence-electron chi connectivity index (χ2n) is 6.00. The number of rotatable bonds is 5. The number of hydrogen-bond acceptors (Lipinski definition) is 6. The number of carbonyl (C=O) groups is 1. The summed E-state index contributed by atoms with van der Waals surface area (Å²) in [5.41, 5.74) is 0.769. The zero-order chi connectivity index (χ0) is 21.0. The number of phenols is 1. The lowest BCUT2D eigenvalue weighted by atomic mass is 10.1. The van der Waals surface area contributed by atoms with Crippen molar-refractivity contribution in [3.8, 4) is 17.3 Å². The number of nitrogens with one attached hydrogen (secondary N) is 2. The summed E-state index contributed by atoms with van der Waals surface area (Å²) in [4.78, 5) is 39.0. The molecule has 9 heteroatoms. The predicted molar refractivity (Wildman–Crippen MR) is 107 cm³/mol. The van der Waals surface area contributed by atoms with Gasteiger partial charge in [0, 0.05) is 0 Å². The molecule has 0 fully saturated rings. The summed E-state index contributed by atoms with van der Waals surface area (Å²) < 4.78 is 0.937. The zero-order valence-electron chi connectivity index (χ0n) is 15.4. The average molecular weight is 394 g/mol. The lowest BCUT2D eigenvalue weighted by molar-refractivity contribution is 0.0952. The fourth-order valence-electron chi connectivity index (χ4n) is 2.76. The largest absolute Gasteiger partial charge is 0.507 e. The first-order valence-corrected chi connectivity index (χ1v) is 8.73. The molecule has 4 N–H and O–H groups in total. The number of benzene rings is 2. The molecular weight excluding hydrogens is 376 g/mol. The van der Waals surface area contributed by atoms with E-state index in [1.807, 2.05) is 0 Å². The number of carbonyl (C=O) groups excluding carboxylic acids is 1. The van der Waals surface area contributed by atoms with Gasteiger partial charge in [0.1, 0.15) is 11.3 Å². The molecule has 148 valence electrons. The van der Waals surface area contributed by atoms with Crippen LogP contribution in [-0.4, -0.2) is 31.4 Å². The quantitative estimate of drug-likeness (QED) is 0.384. The second kappa shape index (κ2) is 8.26. The van der Waals surface area contributed by atoms with E-state index in [2.05, 4.69) is 15.5 Å². The van der Waals surface area contributed by atoms with Crippen LogP contribution in [0.5, 0.6) is 11.6 Å². The van der Waals surface area contributed by atoms with Crippen molar-refractivity contribution >= 4 is 11.6 Å². The molecule has 1 aromatic heterocycles. The summed E-state index contributed by atoms with van der Waals surface area (Å²) in [7, 11) is 0. The summed E-state index contributed by atoms with van der Waals surface area (Å²) >= 11 is 0. The maximum atomic E-state index is 12.4. The van der Waals surface area contributed by atoms with E-state index in [-0.39, 0.29) is 29.0 Å². The minimum Gasteiger partial charge on any atom is -0.507 e. The maximum absolute atomic E-state index is 12.4. The molecular formula is C20H18N4O5. The van der Waals surface area contributed by atoms with Crippen LogP contribution in [0.15, 0.2) is 69.3 Å². The van der Waals surface area contributed by atoms with Gasteiger partial charge in [0.15, 0.2) is 0 Å². The van der Waals surface area contributed by atoms with Crippen LogP contribution in [0, 0.1) is 0 Å². The van der Waals surface area contributed by atoms with Gasteiger partial charge in [0.25, 0.3) is 11.5 Å². The Bertz CT molecular complexity index is 1200. The number of hydrazone groups is 1. The number of hydrogen-bond donors (Lipinski definition) is 4. The number of H-pyrrole nitrogens is 1. The van der Waals surface area contributed by atoms with Crippen molar-refractivity contribution in [1.82, 2.24) is 15.0 Å². The molecule has 0 spiro atoms. The molecule has 3 rings (SSSR count). The predicted octanol–water partition coefficient (Wildman–Crippen LogP) is 1.48. The standard InChI is InChI=1S/C20H18N4O5/c1-2-14(22-23-17(26)13-10-6-7-11-15(13)25)16-18(27)21-20(29)24(19(16)28)12-8-4-3-5-9-12/h3-11,25,28H,2H2,1H3,(H,23,26)(H,21,27,29)/b22-14+. The lowest BCUT2D eigenvalue weighted by Crippen LogP contribution is -2.33. The molecule has 0 aliphatic rings. The third-order valence-electron chi connectivity index (χ3n) is 4.16. The van der Waals surface area contributed by atoms with Gasteiger partial charge in [-0.3, -0.25) is 14.6 Å². The van der Waals surface area contributed by atoms with Gasteiger partial charge in [-0.1, -0.05) is 37.3 Å². The molecule has 0 atom stereocenters. The molecule has 29 heavy (non-hydrogen) atoms. The molecule has 0 saturated carbocycles. The average Bonchev–Trinajstić information content (AvgIpc) is 2.71. The Morgan fingerprint density at radius 1 is 1.07 bits per heavy atom.